The van der Waals surface area contributed by atoms with Gasteiger partial charge in [-0.25, -0.2) is 9.67 Å². The number of hydrogen-bond acceptors (Lipinski definition) is 5. The maximum atomic E-state index is 12.7. The summed E-state index contributed by atoms with van der Waals surface area (Å²) in [5, 5.41) is 9.97. The topological polar surface area (TPSA) is 111 Å². The number of fused-ring (bicyclic) bond motifs is 1. The Morgan fingerprint density at radius 1 is 1.14 bits per heavy atom. The molecular formula is C19H22N6O3. The van der Waals surface area contributed by atoms with Gasteiger partial charge in [0.2, 0.25) is 11.8 Å². The fraction of sp³-hybridized carbons (Fsp3) is 0.316. The van der Waals surface area contributed by atoms with E-state index in [0.29, 0.717) is 22.4 Å². The molecule has 0 spiro atoms. The number of anilines is 2. The first kappa shape index (κ1) is 19.3. The van der Waals surface area contributed by atoms with Crippen molar-refractivity contribution in [1.82, 2.24) is 19.3 Å². The molecule has 0 aliphatic carbocycles. The van der Waals surface area contributed by atoms with Gasteiger partial charge in [-0.05, 0) is 39.0 Å². The smallest absolute Gasteiger partial charge is 0.264 e. The molecule has 0 unspecified atom stereocenters. The lowest BCUT2D eigenvalue weighted by molar-refractivity contribution is -0.117. The summed E-state index contributed by atoms with van der Waals surface area (Å²) in [6, 6.07) is 6.76. The van der Waals surface area contributed by atoms with E-state index >= 15 is 0 Å². The SMILES string of the molecule is CC(=O)Nc1cccc(NC(=O)Cn2cnc3c(cnn3C(C)(C)C)c2=O)c1. The van der Waals surface area contributed by atoms with E-state index in [1.165, 1.54) is 24.0 Å². The van der Waals surface area contributed by atoms with Crippen molar-refractivity contribution in [1.29, 1.82) is 0 Å². The van der Waals surface area contributed by atoms with Crippen LogP contribution in [0.1, 0.15) is 27.7 Å². The highest BCUT2D eigenvalue weighted by molar-refractivity contribution is 5.93. The Morgan fingerprint density at radius 3 is 2.46 bits per heavy atom. The molecule has 0 fully saturated rings. The van der Waals surface area contributed by atoms with Crippen LogP contribution >= 0.6 is 0 Å². The van der Waals surface area contributed by atoms with Gasteiger partial charge in [0.1, 0.15) is 18.3 Å². The summed E-state index contributed by atoms with van der Waals surface area (Å²) in [7, 11) is 0. The van der Waals surface area contributed by atoms with Crippen LogP contribution in [0.2, 0.25) is 0 Å². The normalized spacial score (nSPS) is 11.4. The van der Waals surface area contributed by atoms with Crippen LogP contribution in [0, 0.1) is 0 Å². The molecule has 0 bridgehead atoms. The molecule has 0 saturated heterocycles. The summed E-state index contributed by atoms with van der Waals surface area (Å²) in [5.41, 5.74) is 0.919. The monoisotopic (exact) mass is 382 g/mol. The fourth-order valence-electron chi connectivity index (χ4n) is 2.79. The van der Waals surface area contributed by atoms with Gasteiger partial charge in [0.15, 0.2) is 5.65 Å². The standard InChI is InChI=1S/C19H22N6O3/c1-12(26)22-13-6-5-7-14(8-13)23-16(27)10-24-11-20-17-15(18(24)28)9-21-25(17)19(2,3)4/h5-9,11H,10H2,1-4H3,(H,22,26)(H,23,27). The lowest BCUT2D eigenvalue weighted by Gasteiger charge is -2.19. The first-order chi connectivity index (χ1) is 13.1. The molecule has 3 rings (SSSR count). The number of aromatic nitrogens is 4. The van der Waals surface area contributed by atoms with Crippen LogP contribution in [0.4, 0.5) is 11.4 Å². The van der Waals surface area contributed by atoms with E-state index in [9.17, 15) is 14.4 Å². The van der Waals surface area contributed by atoms with Crippen LogP contribution < -0.4 is 16.2 Å². The maximum absolute atomic E-state index is 12.7. The van der Waals surface area contributed by atoms with Gasteiger partial charge in [-0.2, -0.15) is 5.10 Å². The lowest BCUT2D eigenvalue weighted by atomic mass is 10.1. The van der Waals surface area contributed by atoms with Crippen LogP contribution in [0.25, 0.3) is 11.0 Å². The zero-order valence-corrected chi connectivity index (χ0v) is 16.2. The Hall–Kier alpha value is -3.49. The number of carbonyl (C=O) groups is 2. The largest absolute Gasteiger partial charge is 0.326 e. The van der Waals surface area contributed by atoms with Crippen LogP contribution in [0.5, 0.6) is 0 Å². The average molecular weight is 382 g/mol. The molecule has 3 aromatic rings. The van der Waals surface area contributed by atoms with Crippen molar-refractivity contribution in [2.24, 2.45) is 0 Å². The van der Waals surface area contributed by atoms with Gasteiger partial charge < -0.3 is 10.6 Å². The Labute approximate surface area is 161 Å². The summed E-state index contributed by atoms with van der Waals surface area (Å²) in [6.07, 6.45) is 2.82. The third-order valence-corrected chi connectivity index (χ3v) is 3.97. The Kier molecular flexibility index (Phi) is 5.00. The average Bonchev–Trinajstić information content (AvgIpc) is 3.02. The molecule has 0 saturated carbocycles. The predicted octanol–water partition coefficient (Wildman–Crippen LogP) is 1.95. The molecule has 2 aromatic heterocycles. The molecule has 28 heavy (non-hydrogen) atoms. The second-order valence-electron chi connectivity index (χ2n) is 7.45. The number of hydrogen-bond donors (Lipinski definition) is 2. The highest BCUT2D eigenvalue weighted by Crippen LogP contribution is 2.18. The van der Waals surface area contributed by atoms with Crippen LogP contribution in [0.15, 0.2) is 41.6 Å². The lowest BCUT2D eigenvalue weighted by Crippen LogP contribution is -2.29. The molecule has 2 heterocycles. The van der Waals surface area contributed by atoms with Crippen molar-refractivity contribution >= 4 is 34.2 Å². The molecule has 146 valence electrons. The van der Waals surface area contributed by atoms with Crippen molar-refractivity contribution in [3.05, 3.63) is 47.1 Å². The molecule has 2 amide bonds. The van der Waals surface area contributed by atoms with Crippen molar-refractivity contribution < 1.29 is 9.59 Å². The van der Waals surface area contributed by atoms with Crippen molar-refractivity contribution in [3.63, 3.8) is 0 Å². The van der Waals surface area contributed by atoms with Crippen LogP contribution in [-0.4, -0.2) is 31.1 Å². The molecule has 0 radical (unpaired) electrons. The van der Waals surface area contributed by atoms with E-state index in [1.54, 1.807) is 28.9 Å². The summed E-state index contributed by atoms with van der Waals surface area (Å²) in [6.45, 7) is 7.12. The molecule has 0 aliphatic heterocycles. The minimum absolute atomic E-state index is 0.188. The minimum Gasteiger partial charge on any atom is -0.326 e. The number of rotatable bonds is 4. The summed E-state index contributed by atoms with van der Waals surface area (Å²) >= 11 is 0. The van der Waals surface area contributed by atoms with Gasteiger partial charge in [0, 0.05) is 18.3 Å². The predicted molar refractivity (Wildman–Crippen MR) is 106 cm³/mol. The van der Waals surface area contributed by atoms with Gasteiger partial charge in [-0.3, -0.25) is 19.0 Å². The maximum Gasteiger partial charge on any atom is 0.264 e. The highest BCUT2D eigenvalue weighted by atomic mass is 16.2. The van der Waals surface area contributed by atoms with Gasteiger partial charge >= 0.3 is 0 Å². The molecule has 1 aromatic carbocycles. The van der Waals surface area contributed by atoms with E-state index in [0.717, 1.165) is 0 Å². The molecule has 9 nitrogen and oxygen atoms in total. The van der Waals surface area contributed by atoms with Crippen LogP contribution in [0.3, 0.4) is 0 Å². The third kappa shape index (κ3) is 4.08. The van der Waals surface area contributed by atoms with E-state index in [-0.39, 0.29) is 29.5 Å². The van der Waals surface area contributed by atoms with Crippen molar-refractivity contribution in [3.8, 4) is 0 Å². The minimum atomic E-state index is -0.383. The Morgan fingerprint density at radius 2 is 1.82 bits per heavy atom. The second-order valence-corrected chi connectivity index (χ2v) is 7.45. The van der Waals surface area contributed by atoms with E-state index < -0.39 is 0 Å². The second kappa shape index (κ2) is 7.26. The Bertz CT molecular complexity index is 1110. The van der Waals surface area contributed by atoms with E-state index in [4.69, 9.17) is 0 Å². The molecule has 0 aliphatic rings. The number of amides is 2. The Balaban J connectivity index is 1.79. The van der Waals surface area contributed by atoms with E-state index in [2.05, 4.69) is 20.7 Å². The first-order valence-corrected chi connectivity index (χ1v) is 8.76. The molecule has 0 atom stereocenters. The number of nitrogens with one attached hydrogen (secondary N) is 2. The van der Waals surface area contributed by atoms with Crippen LogP contribution in [-0.2, 0) is 21.7 Å². The van der Waals surface area contributed by atoms with Gasteiger partial charge in [-0.1, -0.05) is 6.07 Å². The summed E-state index contributed by atoms with van der Waals surface area (Å²) in [5.74, 6) is -0.586. The number of carbonyl (C=O) groups excluding carboxylic acids is 2. The summed E-state index contributed by atoms with van der Waals surface area (Å²) in [4.78, 5) is 40.5. The summed E-state index contributed by atoms with van der Waals surface area (Å²) < 4.78 is 2.92. The highest BCUT2D eigenvalue weighted by Gasteiger charge is 2.20. The van der Waals surface area contributed by atoms with Gasteiger partial charge in [0.25, 0.3) is 5.56 Å². The zero-order chi connectivity index (χ0) is 20.5. The third-order valence-electron chi connectivity index (χ3n) is 3.97. The van der Waals surface area contributed by atoms with Crippen molar-refractivity contribution in [2.75, 3.05) is 10.6 Å². The fourth-order valence-corrected chi connectivity index (χ4v) is 2.79. The van der Waals surface area contributed by atoms with E-state index in [1.807, 2.05) is 20.8 Å². The number of nitrogens with zero attached hydrogens (tertiary/aromatic N) is 4. The quantitative estimate of drug-likeness (QED) is 0.716. The number of benzene rings is 1. The molecule has 9 heteroatoms. The molecular weight excluding hydrogens is 360 g/mol. The van der Waals surface area contributed by atoms with Crippen molar-refractivity contribution in [2.45, 2.75) is 39.8 Å². The van der Waals surface area contributed by atoms with Gasteiger partial charge in [0.05, 0.1) is 11.7 Å². The van der Waals surface area contributed by atoms with Gasteiger partial charge in [-0.15, -0.1) is 0 Å². The first-order valence-electron chi connectivity index (χ1n) is 8.76. The zero-order valence-electron chi connectivity index (χ0n) is 16.2. The molecule has 2 N–H and O–H groups in total.